The van der Waals surface area contributed by atoms with Gasteiger partial charge in [-0.3, -0.25) is 4.79 Å². The lowest BCUT2D eigenvalue weighted by molar-refractivity contribution is -0.117. The third-order valence-corrected chi connectivity index (χ3v) is 6.14. The fourth-order valence-electron chi connectivity index (χ4n) is 4.30. The number of hydrogen-bond donors (Lipinski definition) is 1. The highest BCUT2D eigenvalue weighted by atomic mass is 16.1. The quantitative estimate of drug-likeness (QED) is 0.207. The van der Waals surface area contributed by atoms with E-state index in [0.29, 0.717) is 0 Å². The predicted molar refractivity (Wildman–Crippen MR) is 139 cm³/mol. The molecule has 0 aliphatic rings. The smallest absolute Gasteiger partial charge is 0.244 e. The largest absolute Gasteiger partial charge is 0.343 e. The molecule has 0 aliphatic heterocycles. The molecule has 1 heterocycles. The molecule has 1 unspecified atom stereocenters. The van der Waals surface area contributed by atoms with Crippen LogP contribution in [0.4, 0.5) is 0 Å². The molecule has 0 bridgehead atoms. The molecule has 0 spiro atoms. The number of para-hydroxylation sites is 2. The minimum atomic E-state index is -0.163. The lowest BCUT2D eigenvalue weighted by Gasteiger charge is -2.15. The Bertz CT molecular complexity index is 1010. The number of rotatable bonds is 14. The molecule has 0 saturated carbocycles. The van der Waals surface area contributed by atoms with Gasteiger partial charge in [-0.2, -0.15) is 0 Å². The average molecular weight is 446 g/mol. The number of amides is 1. The first kappa shape index (κ1) is 24.8. The molecule has 0 fully saturated rings. The summed E-state index contributed by atoms with van der Waals surface area (Å²) in [6.07, 6.45) is 15.2. The molecule has 2 aromatic carbocycles. The van der Waals surface area contributed by atoms with Crippen molar-refractivity contribution in [2.75, 3.05) is 0 Å². The maximum absolute atomic E-state index is 12.5. The van der Waals surface area contributed by atoms with Crippen LogP contribution in [0.25, 0.3) is 17.1 Å². The molecule has 176 valence electrons. The molecule has 1 aromatic heterocycles. The number of fused-ring (bicyclic) bond motifs is 1. The Morgan fingerprint density at radius 1 is 0.909 bits per heavy atom. The van der Waals surface area contributed by atoms with Crippen molar-refractivity contribution in [2.45, 2.75) is 84.2 Å². The van der Waals surface area contributed by atoms with E-state index in [2.05, 4.69) is 35.0 Å². The van der Waals surface area contributed by atoms with E-state index in [1.54, 1.807) is 6.08 Å². The van der Waals surface area contributed by atoms with Crippen molar-refractivity contribution in [3.63, 3.8) is 0 Å². The number of carbonyl (C=O) groups is 1. The first-order chi connectivity index (χ1) is 16.2. The fraction of sp³-hybridized carbons (Fsp3) is 0.448. The number of aromatic nitrogens is 2. The van der Waals surface area contributed by atoms with Gasteiger partial charge in [0, 0.05) is 12.6 Å². The number of hydrogen-bond acceptors (Lipinski definition) is 2. The molecule has 3 aromatic rings. The highest BCUT2D eigenvalue weighted by Gasteiger charge is 2.17. The van der Waals surface area contributed by atoms with Crippen LogP contribution in [0.2, 0.25) is 0 Å². The van der Waals surface area contributed by atoms with Crippen molar-refractivity contribution in [2.24, 2.45) is 0 Å². The zero-order valence-corrected chi connectivity index (χ0v) is 20.3. The highest BCUT2D eigenvalue weighted by molar-refractivity contribution is 5.92. The summed E-state index contributed by atoms with van der Waals surface area (Å²) in [5.74, 6) is 0.824. The van der Waals surface area contributed by atoms with Crippen LogP contribution in [0.1, 0.15) is 89.1 Å². The topological polar surface area (TPSA) is 46.9 Å². The molecule has 0 radical (unpaired) electrons. The molecule has 0 saturated heterocycles. The molecule has 4 nitrogen and oxygen atoms in total. The summed E-state index contributed by atoms with van der Waals surface area (Å²) in [5.41, 5.74) is 3.15. The van der Waals surface area contributed by atoms with Gasteiger partial charge in [0.2, 0.25) is 5.91 Å². The lowest BCUT2D eigenvalue weighted by atomic mass is 10.1. The van der Waals surface area contributed by atoms with Crippen LogP contribution >= 0.6 is 0 Å². The van der Waals surface area contributed by atoms with Crippen molar-refractivity contribution >= 4 is 23.0 Å². The fourth-order valence-corrected chi connectivity index (χ4v) is 4.30. The van der Waals surface area contributed by atoms with Crippen LogP contribution in [0, 0.1) is 0 Å². The van der Waals surface area contributed by atoms with E-state index >= 15 is 0 Å². The normalized spacial score (nSPS) is 12.4. The van der Waals surface area contributed by atoms with Crippen molar-refractivity contribution in [1.82, 2.24) is 14.9 Å². The third kappa shape index (κ3) is 7.88. The monoisotopic (exact) mass is 445 g/mol. The number of carbonyl (C=O) groups excluding carboxylic acids is 1. The number of benzene rings is 2. The van der Waals surface area contributed by atoms with Crippen LogP contribution in [0.5, 0.6) is 0 Å². The number of nitrogens with one attached hydrogen (secondary N) is 1. The third-order valence-electron chi connectivity index (χ3n) is 6.14. The van der Waals surface area contributed by atoms with E-state index in [4.69, 9.17) is 4.98 Å². The van der Waals surface area contributed by atoms with E-state index in [1.165, 1.54) is 51.4 Å². The number of imidazole rings is 1. The molecule has 1 amide bonds. The average Bonchev–Trinajstić information content (AvgIpc) is 3.21. The van der Waals surface area contributed by atoms with E-state index in [1.807, 2.05) is 49.4 Å². The van der Waals surface area contributed by atoms with Crippen LogP contribution in [-0.4, -0.2) is 15.5 Å². The van der Waals surface area contributed by atoms with Crippen molar-refractivity contribution in [3.05, 3.63) is 72.1 Å². The van der Waals surface area contributed by atoms with Gasteiger partial charge in [-0.1, -0.05) is 101 Å². The van der Waals surface area contributed by atoms with E-state index in [9.17, 15) is 4.79 Å². The summed E-state index contributed by atoms with van der Waals surface area (Å²) < 4.78 is 2.29. The van der Waals surface area contributed by atoms with Gasteiger partial charge in [0.05, 0.1) is 17.1 Å². The Hall–Kier alpha value is -2.88. The molecule has 1 atom stereocenters. The second-order valence-corrected chi connectivity index (χ2v) is 8.91. The zero-order chi connectivity index (χ0) is 23.3. The van der Waals surface area contributed by atoms with Gasteiger partial charge in [0.15, 0.2) is 0 Å². The van der Waals surface area contributed by atoms with Gasteiger partial charge in [0.25, 0.3) is 0 Å². The maximum atomic E-state index is 12.5. The van der Waals surface area contributed by atoms with E-state index < -0.39 is 0 Å². The van der Waals surface area contributed by atoms with Crippen molar-refractivity contribution in [3.8, 4) is 0 Å². The Morgan fingerprint density at radius 3 is 2.27 bits per heavy atom. The van der Waals surface area contributed by atoms with Gasteiger partial charge in [-0.25, -0.2) is 4.98 Å². The second-order valence-electron chi connectivity index (χ2n) is 8.91. The summed E-state index contributed by atoms with van der Waals surface area (Å²) in [6, 6.07) is 18.0. The Labute approximate surface area is 199 Å². The van der Waals surface area contributed by atoms with Crippen LogP contribution < -0.4 is 5.32 Å². The summed E-state index contributed by atoms with van der Waals surface area (Å²) in [6.45, 7) is 5.22. The van der Waals surface area contributed by atoms with Crippen molar-refractivity contribution < 1.29 is 4.79 Å². The Morgan fingerprint density at radius 2 is 1.55 bits per heavy atom. The predicted octanol–water partition coefficient (Wildman–Crippen LogP) is 7.46. The molecular weight excluding hydrogens is 406 g/mol. The van der Waals surface area contributed by atoms with Crippen LogP contribution in [0.3, 0.4) is 0 Å². The molecule has 1 N–H and O–H groups in total. The van der Waals surface area contributed by atoms with Gasteiger partial charge in [-0.05, 0) is 37.1 Å². The summed E-state index contributed by atoms with van der Waals surface area (Å²) in [7, 11) is 0. The summed E-state index contributed by atoms with van der Waals surface area (Å²) in [4.78, 5) is 17.4. The van der Waals surface area contributed by atoms with Gasteiger partial charge < -0.3 is 9.88 Å². The standard InChI is InChI=1S/C29H39N3O/c1-3-4-5-6-7-8-9-10-16-23-32-27-20-15-14-19-26(27)31-29(32)24(2)30-28(33)22-21-25-17-12-11-13-18-25/h11-15,17-22,24H,3-10,16,23H2,1-2H3,(H,30,33)/b22-21-. The summed E-state index contributed by atoms with van der Waals surface area (Å²) >= 11 is 0. The van der Waals surface area contributed by atoms with E-state index in [0.717, 1.165) is 35.4 Å². The minimum Gasteiger partial charge on any atom is -0.343 e. The number of aryl methyl sites for hydroxylation is 1. The van der Waals surface area contributed by atoms with Crippen LogP contribution in [0.15, 0.2) is 60.7 Å². The zero-order valence-electron chi connectivity index (χ0n) is 20.3. The van der Waals surface area contributed by atoms with Crippen molar-refractivity contribution in [1.29, 1.82) is 0 Å². The molecule has 4 heteroatoms. The first-order valence-electron chi connectivity index (χ1n) is 12.7. The Kier molecular flexibility index (Phi) is 10.2. The summed E-state index contributed by atoms with van der Waals surface area (Å²) in [5, 5.41) is 3.09. The van der Waals surface area contributed by atoms with Crippen LogP contribution in [-0.2, 0) is 11.3 Å². The van der Waals surface area contributed by atoms with Gasteiger partial charge in [0.1, 0.15) is 5.82 Å². The van der Waals surface area contributed by atoms with E-state index in [-0.39, 0.29) is 11.9 Å². The second kappa shape index (κ2) is 13.6. The molecule has 33 heavy (non-hydrogen) atoms. The molecule has 3 rings (SSSR count). The Balaban J connectivity index is 1.56. The first-order valence-corrected chi connectivity index (χ1v) is 12.7. The lowest BCUT2D eigenvalue weighted by Crippen LogP contribution is -2.27. The SMILES string of the molecule is CCCCCCCCCCCn1c(C(C)NC(=O)/C=C\c2ccccc2)nc2ccccc21. The maximum Gasteiger partial charge on any atom is 0.244 e. The molecular formula is C29H39N3O. The minimum absolute atomic E-state index is 0.104. The highest BCUT2D eigenvalue weighted by Crippen LogP contribution is 2.22. The molecule has 0 aliphatic carbocycles. The van der Waals surface area contributed by atoms with Gasteiger partial charge >= 0.3 is 0 Å². The number of nitrogens with zero attached hydrogens (tertiary/aromatic N) is 2. The van der Waals surface area contributed by atoms with Gasteiger partial charge in [-0.15, -0.1) is 0 Å². The number of unbranched alkanes of at least 4 members (excludes halogenated alkanes) is 8.